The van der Waals surface area contributed by atoms with Gasteiger partial charge in [0, 0.05) is 10.1 Å². The monoisotopic (exact) mass is 224 g/mol. The fourth-order valence-electron chi connectivity index (χ4n) is 1.41. The largest absolute Gasteiger partial charge is 0.508 e. The summed E-state index contributed by atoms with van der Waals surface area (Å²) in [5.41, 5.74) is 0. The molecule has 2 aromatic rings. The Balaban J connectivity index is 2.79. The predicted octanol–water partition coefficient (Wildman–Crippen LogP) is 2.31. The molecule has 0 aliphatic heterocycles. The van der Waals surface area contributed by atoms with E-state index in [0.29, 0.717) is 11.1 Å². The average molecular weight is 224 g/mol. The van der Waals surface area contributed by atoms with Gasteiger partial charge in [-0.3, -0.25) is 0 Å². The third-order valence-corrected chi connectivity index (χ3v) is 3.16. The first-order chi connectivity index (χ1) is 7.13. The van der Waals surface area contributed by atoms with Crippen molar-refractivity contribution in [2.75, 3.05) is 7.11 Å². The summed E-state index contributed by atoms with van der Waals surface area (Å²) in [6, 6.07) is 4.69. The van der Waals surface area contributed by atoms with E-state index in [0.717, 1.165) is 16.0 Å². The molecule has 1 aromatic heterocycles. The molecule has 0 atom stereocenters. The Kier molecular flexibility index (Phi) is 2.24. The number of aromatic hydroxyl groups is 1. The van der Waals surface area contributed by atoms with Gasteiger partial charge in [0.05, 0.1) is 7.11 Å². The first kappa shape index (κ1) is 9.79. The van der Waals surface area contributed by atoms with Gasteiger partial charge in [-0.1, -0.05) is 0 Å². The molecule has 1 heterocycles. The SMILES string of the molecule is COc1c(C(=O)O)sc2ccc(O)cc12. The van der Waals surface area contributed by atoms with E-state index in [9.17, 15) is 9.90 Å². The third kappa shape index (κ3) is 1.50. The van der Waals surface area contributed by atoms with Crippen molar-refractivity contribution in [2.24, 2.45) is 0 Å². The average Bonchev–Trinajstić information content (AvgIpc) is 2.55. The molecule has 0 spiro atoms. The van der Waals surface area contributed by atoms with Gasteiger partial charge < -0.3 is 14.9 Å². The maximum atomic E-state index is 10.9. The summed E-state index contributed by atoms with van der Waals surface area (Å²) in [6.07, 6.45) is 0. The summed E-state index contributed by atoms with van der Waals surface area (Å²) >= 11 is 1.13. The van der Waals surface area contributed by atoms with Crippen LogP contribution in [0.25, 0.3) is 10.1 Å². The van der Waals surface area contributed by atoms with Crippen molar-refractivity contribution < 1.29 is 19.7 Å². The molecular formula is C10H8O4S. The molecule has 0 fully saturated rings. The van der Waals surface area contributed by atoms with Crippen LogP contribution in [0.3, 0.4) is 0 Å². The van der Waals surface area contributed by atoms with E-state index in [1.165, 1.54) is 19.2 Å². The molecule has 0 aliphatic rings. The molecule has 5 heteroatoms. The number of carboxylic acid groups (broad SMARTS) is 1. The van der Waals surface area contributed by atoms with Crippen LogP contribution in [-0.2, 0) is 0 Å². The number of ether oxygens (including phenoxy) is 1. The van der Waals surface area contributed by atoms with Crippen LogP contribution in [-0.4, -0.2) is 23.3 Å². The maximum Gasteiger partial charge on any atom is 0.349 e. The van der Waals surface area contributed by atoms with Crippen LogP contribution in [0.1, 0.15) is 9.67 Å². The van der Waals surface area contributed by atoms with Crippen LogP contribution < -0.4 is 4.74 Å². The summed E-state index contributed by atoms with van der Waals surface area (Å²) in [4.78, 5) is 11.1. The number of carboxylic acids is 1. The first-order valence-corrected chi connectivity index (χ1v) is 4.98. The Labute approximate surface area is 89.3 Å². The molecule has 2 rings (SSSR count). The van der Waals surface area contributed by atoms with Crippen molar-refractivity contribution in [2.45, 2.75) is 0 Å². The molecule has 15 heavy (non-hydrogen) atoms. The number of benzene rings is 1. The molecule has 0 bridgehead atoms. The normalized spacial score (nSPS) is 10.5. The Morgan fingerprint density at radius 3 is 2.80 bits per heavy atom. The van der Waals surface area contributed by atoms with E-state index in [1.54, 1.807) is 6.07 Å². The van der Waals surface area contributed by atoms with Crippen molar-refractivity contribution in [3.05, 3.63) is 23.1 Å². The predicted molar refractivity (Wildman–Crippen MR) is 57.0 cm³/mol. The molecule has 0 saturated heterocycles. The van der Waals surface area contributed by atoms with Gasteiger partial charge in [-0.2, -0.15) is 0 Å². The highest BCUT2D eigenvalue weighted by Crippen LogP contribution is 2.39. The lowest BCUT2D eigenvalue weighted by Gasteiger charge is -1.98. The molecular weight excluding hydrogens is 216 g/mol. The number of carbonyl (C=O) groups is 1. The number of phenols is 1. The number of rotatable bonds is 2. The van der Waals surface area contributed by atoms with E-state index in [2.05, 4.69) is 0 Å². The van der Waals surface area contributed by atoms with Crippen LogP contribution in [0, 0.1) is 0 Å². The molecule has 78 valence electrons. The molecule has 0 saturated carbocycles. The quantitative estimate of drug-likeness (QED) is 0.821. The zero-order valence-corrected chi connectivity index (χ0v) is 8.67. The van der Waals surface area contributed by atoms with Gasteiger partial charge in [0.15, 0.2) is 10.6 Å². The van der Waals surface area contributed by atoms with Crippen molar-refractivity contribution in [1.29, 1.82) is 0 Å². The Morgan fingerprint density at radius 2 is 2.20 bits per heavy atom. The maximum absolute atomic E-state index is 10.9. The van der Waals surface area contributed by atoms with Crippen molar-refractivity contribution in [3.63, 3.8) is 0 Å². The molecule has 0 aliphatic carbocycles. The number of hydrogen-bond donors (Lipinski definition) is 2. The van der Waals surface area contributed by atoms with E-state index >= 15 is 0 Å². The molecule has 1 aromatic carbocycles. The van der Waals surface area contributed by atoms with E-state index in [4.69, 9.17) is 9.84 Å². The summed E-state index contributed by atoms with van der Waals surface area (Å²) < 4.78 is 5.81. The van der Waals surface area contributed by atoms with Gasteiger partial charge >= 0.3 is 5.97 Å². The lowest BCUT2D eigenvalue weighted by molar-refractivity contribution is 0.0699. The minimum atomic E-state index is -1.02. The summed E-state index contributed by atoms with van der Waals surface area (Å²) in [7, 11) is 1.41. The molecule has 2 N–H and O–H groups in total. The highest BCUT2D eigenvalue weighted by Gasteiger charge is 2.18. The molecule has 4 nitrogen and oxygen atoms in total. The van der Waals surface area contributed by atoms with Gasteiger partial charge in [0.25, 0.3) is 0 Å². The number of fused-ring (bicyclic) bond motifs is 1. The van der Waals surface area contributed by atoms with Gasteiger partial charge in [-0.25, -0.2) is 4.79 Å². The molecule has 0 amide bonds. The number of phenolic OH excluding ortho intramolecular Hbond substituents is 1. The topological polar surface area (TPSA) is 66.8 Å². The Hall–Kier alpha value is -1.75. The number of aromatic carboxylic acids is 1. The smallest absolute Gasteiger partial charge is 0.349 e. The van der Waals surface area contributed by atoms with Crippen LogP contribution >= 0.6 is 11.3 Å². The fraction of sp³-hybridized carbons (Fsp3) is 0.100. The minimum Gasteiger partial charge on any atom is -0.508 e. The van der Waals surface area contributed by atoms with Crippen molar-refractivity contribution in [3.8, 4) is 11.5 Å². The Morgan fingerprint density at radius 1 is 1.47 bits per heavy atom. The van der Waals surface area contributed by atoms with E-state index in [-0.39, 0.29) is 10.6 Å². The minimum absolute atomic E-state index is 0.0931. The number of thiophene rings is 1. The lowest BCUT2D eigenvalue weighted by Crippen LogP contribution is -1.95. The Bertz CT molecular complexity index is 529. The second kappa shape index (κ2) is 3.43. The van der Waals surface area contributed by atoms with Gasteiger partial charge in [0.2, 0.25) is 0 Å². The highest BCUT2D eigenvalue weighted by atomic mass is 32.1. The van der Waals surface area contributed by atoms with Gasteiger partial charge in [-0.15, -0.1) is 11.3 Å². The van der Waals surface area contributed by atoms with E-state index < -0.39 is 5.97 Å². The number of methoxy groups -OCH3 is 1. The second-order valence-electron chi connectivity index (χ2n) is 2.95. The lowest BCUT2D eigenvalue weighted by atomic mass is 10.2. The van der Waals surface area contributed by atoms with Crippen LogP contribution in [0.4, 0.5) is 0 Å². The highest BCUT2D eigenvalue weighted by molar-refractivity contribution is 7.21. The second-order valence-corrected chi connectivity index (χ2v) is 4.00. The zero-order valence-electron chi connectivity index (χ0n) is 7.85. The zero-order chi connectivity index (χ0) is 11.0. The third-order valence-electron chi connectivity index (χ3n) is 2.02. The van der Waals surface area contributed by atoms with Crippen LogP contribution in [0.5, 0.6) is 11.5 Å². The standard InChI is InChI=1S/C10H8O4S/c1-14-8-6-4-5(11)2-3-7(6)15-9(8)10(12)13/h2-4,11H,1H3,(H,12,13). The summed E-state index contributed by atoms with van der Waals surface area (Å²) in [5.74, 6) is -0.624. The van der Waals surface area contributed by atoms with Crippen LogP contribution in [0.15, 0.2) is 18.2 Å². The summed E-state index contributed by atoms with van der Waals surface area (Å²) in [6.45, 7) is 0. The molecule has 0 radical (unpaired) electrons. The molecule has 0 unspecified atom stereocenters. The van der Waals surface area contributed by atoms with E-state index in [1.807, 2.05) is 0 Å². The first-order valence-electron chi connectivity index (χ1n) is 4.16. The summed E-state index contributed by atoms with van der Waals surface area (Å²) in [5, 5.41) is 18.9. The fourth-order valence-corrected chi connectivity index (χ4v) is 2.40. The van der Waals surface area contributed by atoms with Gasteiger partial charge in [-0.05, 0) is 18.2 Å². The number of hydrogen-bond acceptors (Lipinski definition) is 4. The van der Waals surface area contributed by atoms with Crippen molar-refractivity contribution >= 4 is 27.4 Å². The van der Waals surface area contributed by atoms with Gasteiger partial charge in [0.1, 0.15) is 5.75 Å². The van der Waals surface area contributed by atoms with Crippen molar-refractivity contribution in [1.82, 2.24) is 0 Å². The van der Waals surface area contributed by atoms with Crippen LogP contribution in [0.2, 0.25) is 0 Å².